The molecule has 0 radical (unpaired) electrons. The topological polar surface area (TPSA) is 68.0 Å². The molecule has 1 aromatic rings. The van der Waals surface area contributed by atoms with Crippen LogP contribution in [0.3, 0.4) is 0 Å². The highest BCUT2D eigenvalue weighted by Crippen LogP contribution is 2.29. The number of amides is 1. The number of hydrogen-bond acceptors (Lipinski definition) is 3. The first-order valence-electron chi connectivity index (χ1n) is 6.15. The molecule has 3 N–H and O–H groups in total. The van der Waals surface area contributed by atoms with Crippen LogP contribution < -0.4 is 11.1 Å². The second-order valence-electron chi connectivity index (χ2n) is 4.94. The Morgan fingerprint density at radius 2 is 2.41 bits per heavy atom. The van der Waals surface area contributed by atoms with E-state index < -0.39 is 0 Å². The molecule has 1 aliphatic carbocycles. The molecule has 2 unspecified atom stereocenters. The Hall–Kier alpha value is -1.58. The van der Waals surface area contributed by atoms with Crippen LogP contribution in [0.25, 0.3) is 0 Å². The van der Waals surface area contributed by atoms with E-state index in [0.717, 1.165) is 12.5 Å². The van der Waals surface area contributed by atoms with Gasteiger partial charge in [0.15, 0.2) is 5.69 Å². The number of pyridine rings is 1. The van der Waals surface area contributed by atoms with Crippen LogP contribution in [0, 0.1) is 11.8 Å². The van der Waals surface area contributed by atoms with Crippen molar-refractivity contribution < 1.29 is 4.79 Å². The number of carbonyl (C=O) groups is 1. The Morgan fingerprint density at radius 1 is 1.59 bits per heavy atom. The van der Waals surface area contributed by atoms with Crippen LogP contribution in [0.2, 0.25) is 0 Å². The van der Waals surface area contributed by atoms with Crippen molar-refractivity contribution in [2.75, 3.05) is 12.3 Å². The number of nitrogens with zero attached hydrogens (tertiary/aromatic N) is 1. The van der Waals surface area contributed by atoms with Crippen molar-refractivity contribution in [3.8, 4) is 0 Å². The normalized spacial score (nSPS) is 23.6. The molecule has 0 spiro atoms. The minimum atomic E-state index is -0.164. The van der Waals surface area contributed by atoms with Gasteiger partial charge in [-0.25, -0.2) is 4.98 Å². The van der Waals surface area contributed by atoms with Crippen LogP contribution in [0.1, 0.15) is 36.7 Å². The third-order valence-corrected chi connectivity index (χ3v) is 3.41. The van der Waals surface area contributed by atoms with Gasteiger partial charge in [-0.2, -0.15) is 0 Å². The Kier molecular flexibility index (Phi) is 3.61. The van der Waals surface area contributed by atoms with Crippen LogP contribution in [0.5, 0.6) is 0 Å². The van der Waals surface area contributed by atoms with Crippen molar-refractivity contribution in [1.29, 1.82) is 0 Å². The van der Waals surface area contributed by atoms with Crippen molar-refractivity contribution in [1.82, 2.24) is 10.3 Å². The monoisotopic (exact) mass is 233 g/mol. The Morgan fingerprint density at radius 3 is 3.06 bits per heavy atom. The van der Waals surface area contributed by atoms with Gasteiger partial charge in [-0.3, -0.25) is 4.79 Å². The second-order valence-corrected chi connectivity index (χ2v) is 4.94. The van der Waals surface area contributed by atoms with Crippen LogP contribution in [-0.4, -0.2) is 17.4 Å². The molecule has 1 amide bonds. The molecule has 17 heavy (non-hydrogen) atoms. The van der Waals surface area contributed by atoms with Gasteiger partial charge in [0.2, 0.25) is 0 Å². The van der Waals surface area contributed by atoms with Gasteiger partial charge in [0, 0.05) is 12.7 Å². The lowest BCUT2D eigenvalue weighted by Gasteiger charge is -2.11. The van der Waals surface area contributed by atoms with Gasteiger partial charge in [-0.05, 0) is 36.8 Å². The summed E-state index contributed by atoms with van der Waals surface area (Å²) in [5.41, 5.74) is 6.47. The molecule has 1 saturated carbocycles. The molecule has 0 aromatic carbocycles. The lowest BCUT2D eigenvalue weighted by molar-refractivity contribution is 0.0943. The number of anilines is 1. The highest BCUT2D eigenvalue weighted by molar-refractivity contribution is 5.96. The Labute approximate surface area is 102 Å². The van der Waals surface area contributed by atoms with E-state index in [1.807, 2.05) is 0 Å². The molecule has 2 atom stereocenters. The fourth-order valence-corrected chi connectivity index (χ4v) is 2.44. The molecule has 4 nitrogen and oxygen atoms in total. The first-order valence-corrected chi connectivity index (χ1v) is 6.15. The summed E-state index contributed by atoms with van der Waals surface area (Å²) in [6, 6.07) is 3.42. The smallest absolute Gasteiger partial charge is 0.272 e. The van der Waals surface area contributed by atoms with Crippen molar-refractivity contribution in [3.63, 3.8) is 0 Å². The number of nitrogens with one attached hydrogen (secondary N) is 1. The third kappa shape index (κ3) is 2.96. The van der Waals surface area contributed by atoms with Crippen LogP contribution in [0.4, 0.5) is 5.69 Å². The average molecular weight is 233 g/mol. The fourth-order valence-electron chi connectivity index (χ4n) is 2.44. The molecule has 0 aliphatic heterocycles. The molecule has 4 heteroatoms. The number of nitrogen functional groups attached to an aromatic ring is 1. The Balaban J connectivity index is 1.88. The molecule has 0 saturated heterocycles. The number of carbonyl (C=O) groups excluding carboxylic acids is 1. The van der Waals surface area contributed by atoms with Gasteiger partial charge >= 0.3 is 0 Å². The standard InChI is InChI=1S/C13H19N3O/c1-9-4-5-10(7-9)8-16-13(17)12-11(14)3-2-6-15-12/h2-3,6,9-10H,4-5,7-8,14H2,1H3,(H,16,17). The van der Waals surface area contributed by atoms with Crippen molar-refractivity contribution >= 4 is 11.6 Å². The first kappa shape index (κ1) is 11.9. The van der Waals surface area contributed by atoms with Gasteiger partial charge < -0.3 is 11.1 Å². The van der Waals surface area contributed by atoms with Crippen molar-refractivity contribution in [3.05, 3.63) is 24.0 Å². The Bertz CT molecular complexity index is 405. The predicted octanol–water partition coefficient (Wildman–Crippen LogP) is 1.83. The number of hydrogen-bond donors (Lipinski definition) is 2. The number of nitrogens with two attached hydrogens (primary N) is 1. The maximum Gasteiger partial charge on any atom is 0.272 e. The summed E-state index contributed by atoms with van der Waals surface area (Å²) >= 11 is 0. The van der Waals surface area contributed by atoms with E-state index in [2.05, 4.69) is 17.2 Å². The van der Waals surface area contributed by atoms with Crippen molar-refractivity contribution in [2.24, 2.45) is 11.8 Å². The molecule has 1 fully saturated rings. The highest BCUT2D eigenvalue weighted by atomic mass is 16.1. The quantitative estimate of drug-likeness (QED) is 0.837. The lowest BCUT2D eigenvalue weighted by Crippen LogP contribution is -2.29. The third-order valence-electron chi connectivity index (χ3n) is 3.41. The van der Waals surface area contributed by atoms with E-state index in [1.54, 1.807) is 18.3 Å². The van der Waals surface area contributed by atoms with E-state index in [-0.39, 0.29) is 5.91 Å². The van der Waals surface area contributed by atoms with Gasteiger partial charge in [0.05, 0.1) is 5.69 Å². The minimum absolute atomic E-state index is 0.164. The molecule has 1 aromatic heterocycles. The van der Waals surface area contributed by atoms with Crippen molar-refractivity contribution in [2.45, 2.75) is 26.2 Å². The zero-order chi connectivity index (χ0) is 12.3. The summed E-state index contributed by atoms with van der Waals surface area (Å²) in [5, 5.41) is 2.92. The molecule has 0 bridgehead atoms. The van der Waals surface area contributed by atoms with E-state index in [9.17, 15) is 4.79 Å². The molecular formula is C13H19N3O. The van der Waals surface area contributed by atoms with Gasteiger partial charge in [-0.15, -0.1) is 0 Å². The second kappa shape index (κ2) is 5.17. The number of aromatic nitrogens is 1. The summed E-state index contributed by atoms with van der Waals surface area (Å²) in [4.78, 5) is 15.9. The maximum atomic E-state index is 11.9. The average Bonchev–Trinajstić information content (AvgIpc) is 2.73. The molecule has 92 valence electrons. The molecule has 1 aliphatic rings. The zero-order valence-corrected chi connectivity index (χ0v) is 10.1. The fraction of sp³-hybridized carbons (Fsp3) is 0.538. The highest BCUT2D eigenvalue weighted by Gasteiger charge is 2.22. The summed E-state index contributed by atoms with van der Waals surface area (Å²) in [5.74, 6) is 1.23. The van der Waals surface area contributed by atoms with E-state index in [4.69, 9.17) is 5.73 Å². The first-order chi connectivity index (χ1) is 8.16. The van der Waals surface area contributed by atoms with E-state index in [0.29, 0.717) is 17.3 Å². The van der Waals surface area contributed by atoms with Gasteiger partial charge in [-0.1, -0.05) is 13.3 Å². The molecule has 2 rings (SSSR count). The summed E-state index contributed by atoms with van der Waals surface area (Å²) < 4.78 is 0. The van der Waals surface area contributed by atoms with Gasteiger partial charge in [0.1, 0.15) is 0 Å². The van der Waals surface area contributed by atoms with Crippen LogP contribution >= 0.6 is 0 Å². The van der Waals surface area contributed by atoms with E-state index >= 15 is 0 Å². The van der Waals surface area contributed by atoms with Crippen LogP contribution in [-0.2, 0) is 0 Å². The largest absolute Gasteiger partial charge is 0.397 e. The lowest BCUT2D eigenvalue weighted by atomic mass is 10.1. The predicted molar refractivity (Wildman–Crippen MR) is 67.5 cm³/mol. The zero-order valence-electron chi connectivity index (χ0n) is 10.1. The summed E-state index contributed by atoms with van der Waals surface area (Å²) in [7, 11) is 0. The van der Waals surface area contributed by atoms with Crippen LogP contribution in [0.15, 0.2) is 18.3 Å². The van der Waals surface area contributed by atoms with Gasteiger partial charge in [0.25, 0.3) is 5.91 Å². The maximum absolute atomic E-state index is 11.9. The minimum Gasteiger partial charge on any atom is -0.397 e. The molecule has 1 heterocycles. The van der Waals surface area contributed by atoms with E-state index in [1.165, 1.54) is 19.3 Å². The summed E-state index contributed by atoms with van der Waals surface area (Å²) in [6.07, 6.45) is 5.27. The summed E-state index contributed by atoms with van der Waals surface area (Å²) in [6.45, 7) is 3.00. The number of rotatable bonds is 3. The molecular weight excluding hydrogens is 214 g/mol. The SMILES string of the molecule is CC1CCC(CNC(=O)c2ncccc2N)C1.